The molecule has 0 saturated carbocycles. The van der Waals surface area contributed by atoms with Crippen LogP contribution in [-0.2, 0) is 4.79 Å². The molecule has 0 aromatic carbocycles. The number of rotatable bonds is 3. The van der Waals surface area contributed by atoms with Crippen LogP contribution in [0.4, 0.5) is 0 Å². The highest BCUT2D eigenvalue weighted by molar-refractivity contribution is 5.85. The van der Waals surface area contributed by atoms with Crippen LogP contribution in [-0.4, -0.2) is 72.2 Å². The van der Waals surface area contributed by atoms with E-state index in [-0.39, 0.29) is 42.9 Å². The van der Waals surface area contributed by atoms with Crippen LogP contribution in [0.3, 0.4) is 0 Å². The number of amides is 1. The van der Waals surface area contributed by atoms with Gasteiger partial charge in [0.25, 0.3) is 0 Å². The number of aliphatic hydroxyl groups is 1. The van der Waals surface area contributed by atoms with Crippen LogP contribution in [0.5, 0.6) is 0 Å². The summed E-state index contributed by atoms with van der Waals surface area (Å²) in [4.78, 5) is 16.9. The average Bonchev–Trinajstić information content (AvgIpc) is 3.10. The van der Waals surface area contributed by atoms with Gasteiger partial charge in [-0.05, 0) is 51.1 Å². The highest BCUT2D eigenvalue weighted by atomic mass is 35.5. The highest BCUT2D eigenvalue weighted by Crippen LogP contribution is 2.22. The van der Waals surface area contributed by atoms with Crippen LogP contribution in [0.15, 0.2) is 0 Å². The number of β-amino-alcohol motifs (C(OH)–C–C–N with tert-alkyl or cyclic N) is 1. The molecule has 22 heavy (non-hydrogen) atoms. The minimum absolute atomic E-state index is 0. The molecular weight excluding hydrogens is 325 g/mol. The molecule has 3 rings (SSSR count). The molecule has 0 radical (unpaired) electrons. The van der Waals surface area contributed by atoms with Crippen LogP contribution in [0, 0.1) is 5.92 Å². The highest BCUT2D eigenvalue weighted by Gasteiger charge is 2.33. The third-order valence-electron chi connectivity index (χ3n) is 5.05. The van der Waals surface area contributed by atoms with Crippen LogP contribution in [0.25, 0.3) is 0 Å². The van der Waals surface area contributed by atoms with Gasteiger partial charge in [-0.25, -0.2) is 0 Å². The van der Waals surface area contributed by atoms with E-state index >= 15 is 0 Å². The molecule has 0 aromatic heterocycles. The third kappa shape index (κ3) is 4.96. The summed E-state index contributed by atoms with van der Waals surface area (Å²) in [5.74, 6) is 0.959. The Kier molecular flexibility index (Phi) is 8.43. The van der Waals surface area contributed by atoms with Crippen LogP contribution >= 0.6 is 24.8 Å². The second kappa shape index (κ2) is 9.28. The van der Waals surface area contributed by atoms with Crippen molar-refractivity contribution in [3.63, 3.8) is 0 Å². The van der Waals surface area contributed by atoms with Crippen molar-refractivity contribution in [2.75, 3.05) is 39.3 Å². The van der Waals surface area contributed by atoms with Gasteiger partial charge in [-0.2, -0.15) is 0 Å². The van der Waals surface area contributed by atoms with E-state index in [1.54, 1.807) is 0 Å². The molecule has 2 N–H and O–H groups in total. The van der Waals surface area contributed by atoms with E-state index in [4.69, 9.17) is 0 Å². The summed E-state index contributed by atoms with van der Waals surface area (Å²) >= 11 is 0. The fraction of sp³-hybridized carbons (Fsp3) is 0.933. The Bertz CT molecular complexity index is 346. The maximum Gasteiger partial charge on any atom is 0.239 e. The second-order valence-corrected chi connectivity index (χ2v) is 6.63. The number of nitrogens with one attached hydrogen (secondary N) is 1. The van der Waals surface area contributed by atoms with Gasteiger partial charge in [-0.15, -0.1) is 24.8 Å². The Hall–Kier alpha value is -0.0700. The van der Waals surface area contributed by atoms with Gasteiger partial charge in [0, 0.05) is 26.2 Å². The molecule has 0 bridgehead atoms. The number of nitrogens with zero attached hydrogens (tertiary/aromatic N) is 2. The maximum absolute atomic E-state index is 12.3. The molecule has 1 amide bonds. The standard InChI is InChI=1S/C15H27N3O2.2ClH/c19-13-9-14(16-10-13)15(20)18-7-3-12(4-8-18)11-17-5-1-2-6-17;;/h12-14,16,19H,1-11H2;2*1H. The van der Waals surface area contributed by atoms with Gasteiger partial charge < -0.3 is 20.2 Å². The van der Waals surface area contributed by atoms with Gasteiger partial charge in [-0.1, -0.05) is 0 Å². The second-order valence-electron chi connectivity index (χ2n) is 6.63. The summed E-state index contributed by atoms with van der Waals surface area (Å²) in [5.41, 5.74) is 0. The zero-order valence-corrected chi connectivity index (χ0v) is 14.7. The van der Waals surface area contributed by atoms with Crippen molar-refractivity contribution in [3.05, 3.63) is 0 Å². The fourth-order valence-corrected chi connectivity index (χ4v) is 3.79. The Morgan fingerprint density at radius 2 is 1.73 bits per heavy atom. The van der Waals surface area contributed by atoms with Crippen molar-refractivity contribution in [1.29, 1.82) is 0 Å². The van der Waals surface area contributed by atoms with Gasteiger partial charge in [-0.3, -0.25) is 4.79 Å². The molecule has 5 nitrogen and oxygen atoms in total. The Morgan fingerprint density at radius 1 is 1.09 bits per heavy atom. The zero-order valence-electron chi connectivity index (χ0n) is 13.1. The van der Waals surface area contributed by atoms with E-state index < -0.39 is 0 Å². The summed E-state index contributed by atoms with van der Waals surface area (Å²) in [6.45, 7) is 6.10. The van der Waals surface area contributed by atoms with E-state index in [0.29, 0.717) is 13.0 Å². The van der Waals surface area contributed by atoms with Crippen molar-refractivity contribution in [2.24, 2.45) is 5.92 Å². The van der Waals surface area contributed by atoms with Crippen molar-refractivity contribution >= 4 is 30.7 Å². The molecular formula is C15H29Cl2N3O2. The Morgan fingerprint density at radius 3 is 2.27 bits per heavy atom. The maximum atomic E-state index is 12.3. The minimum atomic E-state index is -0.350. The van der Waals surface area contributed by atoms with Crippen LogP contribution in [0.2, 0.25) is 0 Å². The number of hydrogen-bond acceptors (Lipinski definition) is 4. The lowest BCUT2D eigenvalue weighted by Crippen LogP contribution is -2.48. The lowest BCUT2D eigenvalue weighted by atomic mass is 9.95. The lowest BCUT2D eigenvalue weighted by molar-refractivity contribution is -0.134. The summed E-state index contributed by atoms with van der Waals surface area (Å²) in [6.07, 6.45) is 5.21. The molecule has 2 atom stereocenters. The summed E-state index contributed by atoms with van der Waals surface area (Å²) in [6, 6.07) is -0.153. The van der Waals surface area contributed by atoms with Gasteiger partial charge in [0.15, 0.2) is 0 Å². The van der Waals surface area contributed by atoms with Gasteiger partial charge >= 0.3 is 0 Å². The van der Waals surface area contributed by atoms with E-state index in [2.05, 4.69) is 10.2 Å². The molecule has 7 heteroatoms. The number of hydrogen-bond donors (Lipinski definition) is 2. The number of carbonyl (C=O) groups is 1. The first-order chi connectivity index (χ1) is 9.72. The van der Waals surface area contributed by atoms with Crippen molar-refractivity contribution in [3.8, 4) is 0 Å². The number of likely N-dealkylation sites (tertiary alicyclic amines) is 2. The van der Waals surface area contributed by atoms with Crippen LogP contribution < -0.4 is 5.32 Å². The smallest absolute Gasteiger partial charge is 0.239 e. The third-order valence-corrected chi connectivity index (χ3v) is 5.05. The van der Waals surface area contributed by atoms with Crippen LogP contribution in [0.1, 0.15) is 32.1 Å². The fourth-order valence-electron chi connectivity index (χ4n) is 3.79. The Labute approximate surface area is 145 Å². The number of piperidine rings is 1. The zero-order chi connectivity index (χ0) is 13.9. The molecule has 130 valence electrons. The first-order valence-corrected chi connectivity index (χ1v) is 8.15. The first kappa shape index (κ1) is 20.0. The molecule has 2 unspecified atom stereocenters. The molecule has 3 heterocycles. The van der Waals surface area contributed by atoms with Crippen molar-refractivity contribution < 1.29 is 9.90 Å². The quantitative estimate of drug-likeness (QED) is 0.790. The summed E-state index contributed by atoms with van der Waals surface area (Å²) in [7, 11) is 0. The molecule has 0 aliphatic carbocycles. The van der Waals surface area contributed by atoms with Crippen molar-refractivity contribution in [2.45, 2.75) is 44.2 Å². The lowest BCUT2D eigenvalue weighted by Gasteiger charge is -2.35. The molecule has 0 spiro atoms. The predicted octanol–water partition coefficient (Wildman–Crippen LogP) is 0.887. The van der Waals surface area contributed by atoms with Gasteiger partial charge in [0.2, 0.25) is 5.91 Å². The normalized spacial score (nSPS) is 30.0. The van der Waals surface area contributed by atoms with Crippen molar-refractivity contribution in [1.82, 2.24) is 15.1 Å². The monoisotopic (exact) mass is 353 g/mol. The van der Waals surface area contributed by atoms with E-state index in [0.717, 1.165) is 31.8 Å². The molecule has 3 aliphatic heterocycles. The summed E-state index contributed by atoms with van der Waals surface area (Å²) in [5, 5.41) is 12.6. The topological polar surface area (TPSA) is 55.8 Å². The number of aliphatic hydroxyl groups excluding tert-OH is 1. The summed E-state index contributed by atoms with van der Waals surface area (Å²) < 4.78 is 0. The molecule has 3 fully saturated rings. The number of carbonyl (C=O) groups excluding carboxylic acids is 1. The molecule has 3 aliphatic rings. The Balaban J connectivity index is 0.00000121. The molecule has 3 saturated heterocycles. The van der Waals surface area contributed by atoms with Gasteiger partial charge in [0.1, 0.15) is 0 Å². The first-order valence-electron chi connectivity index (χ1n) is 8.15. The predicted molar refractivity (Wildman–Crippen MR) is 91.9 cm³/mol. The van der Waals surface area contributed by atoms with E-state index in [1.807, 2.05) is 4.90 Å². The minimum Gasteiger partial charge on any atom is -0.392 e. The SMILES string of the molecule is Cl.Cl.O=C(C1CC(O)CN1)N1CCC(CN2CCCC2)CC1. The van der Waals surface area contributed by atoms with E-state index in [9.17, 15) is 9.90 Å². The van der Waals surface area contributed by atoms with Gasteiger partial charge in [0.05, 0.1) is 12.1 Å². The largest absolute Gasteiger partial charge is 0.392 e. The number of halogens is 2. The van der Waals surface area contributed by atoms with E-state index in [1.165, 1.54) is 32.5 Å². The molecule has 0 aromatic rings. The average molecular weight is 354 g/mol.